The van der Waals surface area contributed by atoms with E-state index < -0.39 is 0 Å². The molecule has 0 bridgehead atoms. The number of aromatic nitrogens is 3. The molecule has 0 spiro atoms. The number of para-hydroxylation sites is 3. The number of nitrogens with zero attached hydrogens (tertiary/aromatic N) is 3. The Morgan fingerprint density at radius 3 is 1.86 bits per heavy atom. The molecule has 7 aromatic carbocycles. The predicted octanol–water partition coefficient (Wildman–Crippen LogP) is 12.1. The Morgan fingerprint density at radius 2 is 1.02 bits per heavy atom. The maximum atomic E-state index is 6.33. The first kappa shape index (κ1) is 28.3. The second-order valence-electron chi connectivity index (χ2n) is 12.6. The van der Waals surface area contributed by atoms with Crippen LogP contribution < -0.4 is 0 Å². The van der Waals surface area contributed by atoms with Gasteiger partial charge in [0.15, 0.2) is 5.82 Å². The first-order valence-corrected chi connectivity index (χ1v) is 16.8. The van der Waals surface area contributed by atoms with Gasteiger partial charge in [0.05, 0.1) is 22.4 Å². The fraction of sp³-hybridized carbons (Fsp3) is 0. The number of rotatable bonds is 5. The molecule has 0 N–H and O–H groups in total. The molecule has 0 aliphatic carbocycles. The third-order valence-electron chi connectivity index (χ3n) is 9.62. The standard InChI is InChI=1S/C46H29N3O/c1-3-14-30(15-4-1)39-29-40(48-46(47-39)31-16-5-2-6-17-31)32-18-11-19-33(28-32)49-41-25-9-7-20-34(41)36-23-12-24-37(45(36)49)35-22-13-27-43-44(35)38-21-8-10-26-42(38)50-43/h1-29H. The molecule has 234 valence electrons. The molecule has 0 unspecified atom stereocenters. The Kier molecular flexibility index (Phi) is 6.46. The number of hydrogen-bond acceptors (Lipinski definition) is 3. The highest BCUT2D eigenvalue weighted by Gasteiger charge is 2.20. The molecule has 3 aromatic heterocycles. The van der Waals surface area contributed by atoms with Crippen LogP contribution in [-0.2, 0) is 0 Å². The number of benzene rings is 7. The minimum atomic E-state index is 0.701. The van der Waals surface area contributed by atoms with Gasteiger partial charge in [-0.25, -0.2) is 9.97 Å². The lowest BCUT2D eigenvalue weighted by Gasteiger charge is -2.14. The Bertz CT molecular complexity index is 2810. The van der Waals surface area contributed by atoms with E-state index in [1.54, 1.807) is 0 Å². The average Bonchev–Trinajstić information content (AvgIpc) is 3.75. The molecule has 50 heavy (non-hydrogen) atoms. The summed E-state index contributed by atoms with van der Waals surface area (Å²) in [5.41, 5.74) is 12.3. The van der Waals surface area contributed by atoms with Gasteiger partial charge in [-0.2, -0.15) is 0 Å². The summed E-state index contributed by atoms with van der Waals surface area (Å²) in [6.07, 6.45) is 0. The van der Waals surface area contributed by atoms with Gasteiger partial charge in [-0.15, -0.1) is 0 Å². The van der Waals surface area contributed by atoms with Gasteiger partial charge in [0, 0.05) is 49.5 Å². The van der Waals surface area contributed by atoms with Gasteiger partial charge in [-0.1, -0.05) is 140 Å². The Morgan fingerprint density at radius 1 is 0.420 bits per heavy atom. The third kappa shape index (κ3) is 4.54. The molecule has 4 nitrogen and oxygen atoms in total. The normalized spacial score (nSPS) is 11.6. The summed E-state index contributed by atoms with van der Waals surface area (Å²) < 4.78 is 8.73. The van der Waals surface area contributed by atoms with Gasteiger partial charge in [-0.3, -0.25) is 0 Å². The maximum absolute atomic E-state index is 6.33. The average molecular weight is 640 g/mol. The van der Waals surface area contributed by atoms with Crippen molar-refractivity contribution in [1.82, 2.24) is 14.5 Å². The number of hydrogen-bond donors (Lipinski definition) is 0. The van der Waals surface area contributed by atoms with Crippen molar-refractivity contribution in [2.75, 3.05) is 0 Å². The highest BCUT2D eigenvalue weighted by molar-refractivity contribution is 6.19. The molecule has 10 aromatic rings. The molecule has 4 heteroatoms. The van der Waals surface area contributed by atoms with E-state index in [1.807, 2.05) is 48.5 Å². The topological polar surface area (TPSA) is 43.9 Å². The molecule has 0 saturated heterocycles. The van der Waals surface area contributed by atoms with Crippen molar-refractivity contribution in [2.45, 2.75) is 0 Å². The van der Waals surface area contributed by atoms with E-state index in [9.17, 15) is 0 Å². The Hall–Kier alpha value is -6.78. The molecule has 3 heterocycles. The fourth-order valence-electron chi connectivity index (χ4n) is 7.38. The highest BCUT2D eigenvalue weighted by atomic mass is 16.3. The van der Waals surface area contributed by atoms with Gasteiger partial charge in [-0.05, 0) is 42.0 Å². The van der Waals surface area contributed by atoms with Crippen molar-refractivity contribution in [3.05, 3.63) is 176 Å². The van der Waals surface area contributed by atoms with Crippen molar-refractivity contribution < 1.29 is 4.42 Å². The van der Waals surface area contributed by atoms with Crippen molar-refractivity contribution in [3.63, 3.8) is 0 Å². The lowest BCUT2D eigenvalue weighted by atomic mass is 9.97. The van der Waals surface area contributed by atoms with E-state index in [4.69, 9.17) is 14.4 Å². The van der Waals surface area contributed by atoms with Gasteiger partial charge >= 0.3 is 0 Å². The highest BCUT2D eigenvalue weighted by Crippen LogP contribution is 2.43. The molecule has 0 aliphatic rings. The van der Waals surface area contributed by atoms with Crippen LogP contribution in [0.2, 0.25) is 0 Å². The zero-order valence-corrected chi connectivity index (χ0v) is 27.0. The van der Waals surface area contributed by atoms with Crippen LogP contribution in [0.25, 0.3) is 94.5 Å². The van der Waals surface area contributed by atoms with E-state index in [-0.39, 0.29) is 0 Å². The van der Waals surface area contributed by atoms with Crippen LogP contribution >= 0.6 is 0 Å². The summed E-state index contributed by atoms with van der Waals surface area (Å²) in [5, 5.41) is 4.66. The van der Waals surface area contributed by atoms with Gasteiger partial charge in [0.25, 0.3) is 0 Å². The first-order valence-electron chi connectivity index (χ1n) is 16.8. The van der Waals surface area contributed by atoms with E-state index in [0.717, 1.165) is 77.9 Å². The minimum Gasteiger partial charge on any atom is -0.456 e. The Labute approximate surface area is 288 Å². The second-order valence-corrected chi connectivity index (χ2v) is 12.6. The fourth-order valence-corrected chi connectivity index (χ4v) is 7.38. The summed E-state index contributed by atoms with van der Waals surface area (Å²) in [5.74, 6) is 0.701. The monoisotopic (exact) mass is 639 g/mol. The summed E-state index contributed by atoms with van der Waals surface area (Å²) in [6, 6.07) is 61.3. The predicted molar refractivity (Wildman–Crippen MR) is 205 cm³/mol. The number of furan rings is 1. The van der Waals surface area contributed by atoms with Crippen LogP contribution in [0.15, 0.2) is 180 Å². The first-order chi connectivity index (χ1) is 24.8. The van der Waals surface area contributed by atoms with E-state index >= 15 is 0 Å². The summed E-state index contributed by atoms with van der Waals surface area (Å²) in [6.45, 7) is 0. The lowest BCUT2D eigenvalue weighted by molar-refractivity contribution is 0.669. The molecular formula is C46H29N3O. The molecule has 0 amide bonds. The van der Waals surface area contributed by atoms with Crippen LogP contribution in [0, 0.1) is 0 Å². The second kappa shape index (κ2) is 11.4. The van der Waals surface area contributed by atoms with E-state index in [1.165, 1.54) is 10.8 Å². The maximum Gasteiger partial charge on any atom is 0.160 e. The van der Waals surface area contributed by atoms with Crippen LogP contribution in [0.4, 0.5) is 0 Å². The zero-order chi connectivity index (χ0) is 33.0. The summed E-state index contributed by atoms with van der Waals surface area (Å²) in [4.78, 5) is 10.2. The largest absolute Gasteiger partial charge is 0.456 e. The molecule has 0 atom stereocenters. The zero-order valence-electron chi connectivity index (χ0n) is 27.0. The molecule has 0 fully saturated rings. The van der Waals surface area contributed by atoms with Crippen LogP contribution in [0.3, 0.4) is 0 Å². The van der Waals surface area contributed by atoms with Crippen molar-refractivity contribution in [3.8, 4) is 50.7 Å². The van der Waals surface area contributed by atoms with Gasteiger partial charge < -0.3 is 8.98 Å². The Balaban J connectivity index is 1.22. The molecule has 0 saturated carbocycles. The molecular weight excluding hydrogens is 611 g/mol. The summed E-state index contributed by atoms with van der Waals surface area (Å²) >= 11 is 0. The minimum absolute atomic E-state index is 0.701. The van der Waals surface area contributed by atoms with E-state index in [2.05, 4.69) is 132 Å². The number of fused-ring (bicyclic) bond motifs is 6. The molecule has 10 rings (SSSR count). The quantitative estimate of drug-likeness (QED) is 0.188. The summed E-state index contributed by atoms with van der Waals surface area (Å²) in [7, 11) is 0. The van der Waals surface area contributed by atoms with Crippen molar-refractivity contribution >= 4 is 43.7 Å². The van der Waals surface area contributed by atoms with Crippen LogP contribution in [-0.4, -0.2) is 14.5 Å². The SMILES string of the molecule is c1ccc(-c2cc(-c3cccc(-n4c5ccccc5c5cccc(-c6cccc7oc8ccccc8c67)c54)c3)nc(-c3ccccc3)n2)cc1. The van der Waals surface area contributed by atoms with Crippen LogP contribution in [0.1, 0.15) is 0 Å². The van der Waals surface area contributed by atoms with Crippen molar-refractivity contribution in [2.24, 2.45) is 0 Å². The van der Waals surface area contributed by atoms with Gasteiger partial charge in [0.2, 0.25) is 0 Å². The van der Waals surface area contributed by atoms with Gasteiger partial charge in [0.1, 0.15) is 11.2 Å². The lowest BCUT2D eigenvalue weighted by Crippen LogP contribution is -1.98. The molecule has 0 aliphatic heterocycles. The van der Waals surface area contributed by atoms with E-state index in [0.29, 0.717) is 5.82 Å². The van der Waals surface area contributed by atoms with Crippen molar-refractivity contribution in [1.29, 1.82) is 0 Å². The third-order valence-corrected chi connectivity index (χ3v) is 9.62. The smallest absolute Gasteiger partial charge is 0.160 e. The molecule has 0 radical (unpaired) electrons. The van der Waals surface area contributed by atoms with Crippen LogP contribution in [0.5, 0.6) is 0 Å².